The molecule has 1 fully saturated rings. The molecule has 0 amide bonds. The van der Waals surface area contributed by atoms with Crippen molar-refractivity contribution < 1.29 is 13.5 Å². The summed E-state index contributed by atoms with van der Waals surface area (Å²) < 4.78 is 26.4. The normalized spacial score (nSPS) is 18.6. The van der Waals surface area contributed by atoms with Crippen LogP contribution in [0.2, 0.25) is 0 Å². The molecule has 1 saturated heterocycles. The van der Waals surface area contributed by atoms with Crippen molar-refractivity contribution in [3.8, 4) is 0 Å². The van der Waals surface area contributed by atoms with Crippen molar-refractivity contribution in [2.45, 2.75) is 11.8 Å². The first-order chi connectivity index (χ1) is 9.04. The lowest BCUT2D eigenvalue weighted by Crippen LogP contribution is -2.49. The number of sulfonamides is 1. The molecule has 106 valence electrons. The van der Waals surface area contributed by atoms with Crippen molar-refractivity contribution in [3.05, 3.63) is 29.8 Å². The summed E-state index contributed by atoms with van der Waals surface area (Å²) in [6.07, 6.45) is 0. The Hall–Kier alpha value is -0.950. The van der Waals surface area contributed by atoms with Crippen LogP contribution < -0.4 is 0 Å². The Bertz CT molecular complexity index is 505. The lowest BCUT2D eigenvalue weighted by Gasteiger charge is -2.33. The topological polar surface area (TPSA) is 60.9 Å². The highest BCUT2D eigenvalue weighted by Gasteiger charge is 2.27. The Kier molecular flexibility index (Phi) is 4.57. The second kappa shape index (κ2) is 6.00. The van der Waals surface area contributed by atoms with Crippen LogP contribution in [0.5, 0.6) is 0 Å². The monoisotopic (exact) mass is 284 g/mol. The smallest absolute Gasteiger partial charge is 0.243 e. The fraction of sp³-hybridized carbons (Fsp3) is 0.538. The summed E-state index contributed by atoms with van der Waals surface area (Å²) in [5.41, 5.74) is 1.05. The minimum absolute atomic E-state index is 0.116. The molecule has 0 spiro atoms. The van der Waals surface area contributed by atoms with Crippen molar-refractivity contribution in [1.82, 2.24) is 9.21 Å². The summed E-state index contributed by atoms with van der Waals surface area (Å²) in [4.78, 5) is 2.43. The number of nitrogens with zero attached hydrogens (tertiary/aromatic N) is 2. The van der Waals surface area contributed by atoms with Crippen LogP contribution in [-0.4, -0.2) is 62.1 Å². The summed E-state index contributed by atoms with van der Waals surface area (Å²) in [6.45, 7) is 4.97. The zero-order valence-corrected chi connectivity index (χ0v) is 11.9. The molecule has 1 aliphatic rings. The van der Waals surface area contributed by atoms with Gasteiger partial charge in [0, 0.05) is 32.7 Å². The average Bonchev–Trinajstić information content (AvgIpc) is 2.40. The number of piperazine rings is 1. The number of benzene rings is 1. The van der Waals surface area contributed by atoms with E-state index in [4.69, 9.17) is 5.11 Å². The highest BCUT2D eigenvalue weighted by Crippen LogP contribution is 2.17. The summed E-state index contributed by atoms with van der Waals surface area (Å²) in [5, 5.41) is 8.87. The number of aliphatic hydroxyl groups excluding tert-OH is 1. The molecule has 19 heavy (non-hydrogen) atoms. The largest absolute Gasteiger partial charge is 0.395 e. The van der Waals surface area contributed by atoms with Crippen LogP contribution in [0.15, 0.2) is 29.2 Å². The maximum Gasteiger partial charge on any atom is 0.243 e. The zero-order valence-electron chi connectivity index (χ0n) is 11.1. The first-order valence-electron chi connectivity index (χ1n) is 6.44. The van der Waals surface area contributed by atoms with Crippen molar-refractivity contribution in [1.29, 1.82) is 0 Å². The van der Waals surface area contributed by atoms with Gasteiger partial charge in [-0.15, -0.1) is 0 Å². The molecular formula is C13H20N2O3S. The van der Waals surface area contributed by atoms with Crippen LogP contribution in [-0.2, 0) is 10.0 Å². The summed E-state index contributed by atoms with van der Waals surface area (Å²) in [7, 11) is -3.37. The Morgan fingerprint density at radius 3 is 2.21 bits per heavy atom. The van der Waals surface area contributed by atoms with Gasteiger partial charge in [0.05, 0.1) is 11.5 Å². The van der Waals surface area contributed by atoms with Crippen LogP contribution in [0.1, 0.15) is 5.56 Å². The van der Waals surface area contributed by atoms with Crippen molar-refractivity contribution in [2.75, 3.05) is 39.3 Å². The number of aliphatic hydroxyl groups is 1. The van der Waals surface area contributed by atoms with Crippen molar-refractivity contribution in [3.63, 3.8) is 0 Å². The third-order valence-electron chi connectivity index (χ3n) is 3.41. The predicted molar refractivity (Wildman–Crippen MR) is 73.5 cm³/mol. The second-order valence-corrected chi connectivity index (χ2v) is 6.72. The summed E-state index contributed by atoms with van der Waals surface area (Å²) >= 11 is 0. The van der Waals surface area contributed by atoms with E-state index in [9.17, 15) is 8.42 Å². The Morgan fingerprint density at radius 2 is 1.68 bits per heavy atom. The average molecular weight is 284 g/mol. The SMILES string of the molecule is Cc1ccc(S(=O)(=O)N2CCN(CCO)CC2)cc1. The van der Waals surface area contributed by atoms with Crippen LogP contribution in [0, 0.1) is 6.92 Å². The van der Waals surface area contributed by atoms with Crippen LogP contribution in [0.3, 0.4) is 0 Å². The molecule has 1 N–H and O–H groups in total. The van der Waals surface area contributed by atoms with Gasteiger partial charge in [-0.25, -0.2) is 8.42 Å². The van der Waals surface area contributed by atoms with Gasteiger partial charge in [-0.05, 0) is 19.1 Å². The molecular weight excluding hydrogens is 264 g/mol. The minimum atomic E-state index is -3.37. The van der Waals surface area contributed by atoms with Crippen molar-refractivity contribution >= 4 is 10.0 Å². The molecule has 0 unspecified atom stereocenters. The Labute approximate surface area is 114 Å². The quantitative estimate of drug-likeness (QED) is 0.863. The van der Waals surface area contributed by atoms with Gasteiger partial charge < -0.3 is 5.11 Å². The Balaban J connectivity index is 2.07. The van der Waals surface area contributed by atoms with Gasteiger partial charge in [-0.3, -0.25) is 4.90 Å². The molecule has 1 aromatic carbocycles. The van der Waals surface area contributed by atoms with E-state index in [0.29, 0.717) is 37.6 Å². The summed E-state index contributed by atoms with van der Waals surface area (Å²) in [6, 6.07) is 6.94. The van der Waals surface area contributed by atoms with E-state index in [-0.39, 0.29) is 6.61 Å². The third-order valence-corrected chi connectivity index (χ3v) is 5.32. The van der Waals surface area contributed by atoms with E-state index in [1.165, 1.54) is 4.31 Å². The van der Waals surface area contributed by atoms with Gasteiger partial charge in [0.1, 0.15) is 0 Å². The van der Waals surface area contributed by atoms with E-state index < -0.39 is 10.0 Å². The van der Waals surface area contributed by atoms with E-state index in [0.717, 1.165) is 5.56 Å². The molecule has 5 nitrogen and oxygen atoms in total. The first kappa shape index (κ1) is 14.5. The number of hydrogen-bond donors (Lipinski definition) is 1. The molecule has 1 aromatic rings. The molecule has 2 rings (SSSR count). The highest BCUT2D eigenvalue weighted by molar-refractivity contribution is 7.89. The van der Waals surface area contributed by atoms with Gasteiger partial charge in [0.15, 0.2) is 0 Å². The number of hydrogen-bond acceptors (Lipinski definition) is 4. The first-order valence-corrected chi connectivity index (χ1v) is 7.88. The predicted octanol–water partition coefficient (Wildman–Crippen LogP) is 0.294. The molecule has 0 radical (unpaired) electrons. The van der Waals surface area contributed by atoms with Crippen LogP contribution in [0.25, 0.3) is 0 Å². The van der Waals surface area contributed by atoms with Crippen molar-refractivity contribution in [2.24, 2.45) is 0 Å². The van der Waals surface area contributed by atoms with Gasteiger partial charge >= 0.3 is 0 Å². The minimum Gasteiger partial charge on any atom is -0.395 e. The number of β-amino-alcohol motifs (C(OH)–C–C–N with tert-alkyl or cyclic N) is 1. The van der Waals surface area contributed by atoms with Gasteiger partial charge in [-0.1, -0.05) is 17.7 Å². The van der Waals surface area contributed by atoms with E-state index in [1.54, 1.807) is 12.1 Å². The molecule has 0 aliphatic carbocycles. The maximum atomic E-state index is 12.4. The summed E-state index contributed by atoms with van der Waals surface area (Å²) in [5.74, 6) is 0. The maximum absolute atomic E-state index is 12.4. The molecule has 0 aromatic heterocycles. The second-order valence-electron chi connectivity index (χ2n) is 4.78. The van der Waals surface area contributed by atoms with Gasteiger partial charge in [-0.2, -0.15) is 4.31 Å². The third kappa shape index (κ3) is 3.33. The zero-order chi connectivity index (χ0) is 13.9. The lowest BCUT2D eigenvalue weighted by molar-refractivity contribution is 0.151. The highest BCUT2D eigenvalue weighted by atomic mass is 32.2. The lowest BCUT2D eigenvalue weighted by atomic mass is 10.2. The fourth-order valence-corrected chi connectivity index (χ4v) is 3.62. The van der Waals surface area contributed by atoms with Gasteiger partial charge in [0.25, 0.3) is 0 Å². The molecule has 0 saturated carbocycles. The van der Waals surface area contributed by atoms with E-state index >= 15 is 0 Å². The van der Waals surface area contributed by atoms with Gasteiger partial charge in [0.2, 0.25) is 10.0 Å². The fourth-order valence-electron chi connectivity index (χ4n) is 2.19. The van der Waals surface area contributed by atoms with Crippen LogP contribution >= 0.6 is 0 Å². The van der Waals surface area contributed by atoms with E-state index in [2.05, 4.69) is 4.90 Å². The Morgan fingerprint density at radius 1 is 1.11 bits per heavy atom. The molecule has 0 atom stereocenters. The standard InChI is InChI=1S/C13H20N2O3S/c1-12-2-4-13(5-3-12)19(17,18)15-8-6-14(7-9-15)10-11-16/h2-5,16H,6-11H2,1H3. The van der Waals surface area contributed by atoms with Crippen LogP contribution in [0.4, 0.5) is 0 Å². The number of rotatable bonds is 4. The molecule has 1 heterocycles. The molecule has 1 aliphatic heterocycles. The number of aryl methyl sites for hydroxylation is 1. The molecule has 0 bridgehead atoms. The molecule has 6 heteroatoms. The van der Waals surface area contributed by atoms with E-state index in [1.807, 2.05) is 19.1 Å².